The Kier molecular flexibility index (Phi) is 5.30. The van der Waals surface area contributed by atoms with Gasteiger partial charge in [-0.25, -0.2) is 0 Å². The van der Waals surface area contributed by atoms with Crippen molar-refractivity contribution in [2.45, 2.75) is 72.8 Å². The highest BCUT2D eigenvalue weighted by atomic mass is 16.2. The summed E-state index contributed by atoms with van der Waals surface area (Å²) in [6, 6.07) is 0.698. The van der Waals surface area contributed by atoms with Gasteiger partial charge in [-0.15, -0.1) is 0 Å². The molecule has 0 aromatic heterocycles. The monoisotopic (exact) mass is 334 g/mol. The van der Waals surface area contributed by atoms with Crippen molar-refractivity contribution in [2.75, 3.05) is 26.2 Å². The van der Waals surface area contributed by atoms with Crippen LogP contribution in [0.15, 0.2) is 0 Å². The van der Waals surface area contributed by atoms with Crippen LogP contribution < -0.4 is 0 Å². The lowest BCUT2D eigenvalue weighted by molar-refractivity contribution is -0.197. The number of likely N-dealkylation sites (tertiary alicyclic amines) is 2. The molecule has 1 saturated carbocycles. The summed E-state index contributed by atoms with van der Waals surface area (Å²) in [6.07, 6.45) is 6.18. The van der Waals surface area contributed by atoms with Gasteiger partial charge in [-0.3, -0.25) is 9.69 Å². The topological polar surface area (TPSA) is 23.6 Å². The van der Waals surface area contributed by atoms with Crippen molar-refractivity contribution >= 4 is 5.91 Å². The Morgan fingerprint density at radius 2 is 1.67 bits per heavy atom. The van der Waals surface area contributed by atoms with Gasteiger partial charge >= 0.3 is 0 Å². The molecule has 3 nitrogen and oxygen atoms in total. The highest BCUT2D eigenvalue weighted by molar-refractivity contribution is 5.80. The third-order valence-corrected chi connectivity index (χ3v) is 6.65. The van der Waals surface area contributed by atoms with Crippen molar-refractivity contribution < 1.29 is 4.79 Å². The normalized spacial score (nSPS) is 28.0. The Hall–Kier alpha value is -0.570. The van der Waals surface area contributed by atoms with Crippen molar-refractivity contribution in [3.63, 3.8) is 0 Å². The first-order chi connectivity index (χ1) is 11.3. The maximum absolute atomic E-state index is 12.5. The van der Waals surface area contributed by atoms with Crippen LogP contribution in [-0.4, -0.2) is 47.9 Å². The van der Waals surface area contributed by atoms with Crippen LogP contribution >= 0.6 is 0 Å². The van der Waals surface area contributed by atoms with Crippen molar-refractivity contribution in [3.05, 3.63) is 0 Å². The van der Waals surface area contributed by atoms with Crippen LogP contribution in [0.3, 0.4) is 0 Å². The fourth-order valence-corrected chi connectivity index (χ4v) is 5.31. The molecule has 0 radical (unpaired) electrons. The van der Waals surface area contributed by atoms with Crippen LogP contribution in [0, 0.1) is 29.1 Å². The van der Waals surface area contributed by atoms with Gasteiger partial charge < -0.3 is 4.90 Å². The lowest BCUT2D eigenvalue weighted by Gasteiger charge is -2.68. The first-order valence-electron chi connectivity index (χ1n) is 10.4. The lowest BCUT2D eigenvalue weighted by Crippen LogP contribution is -2.79. The van der Waals surface area contributed by atoms with E-state index in [-0.39, 0.29) is 0 Å². The number of rotatable bonds is 7. The van der Waals surface area contributed by atoms with E-state index in [4.69, 9.17) is 0 Å². The summed E-state index contributed by atoms with van der Waals surface area (Å²) in [5.74, 6) is 3.10. The zero-order valence-electron chi connectivity index (χ0n) is 16.6. The summed E-state index contributed by atoms with van der Waals surface area (Å²) < 4.78 is 0. The van der Waals surface area contributed by atoms with E-state index in [9.17, 15) is 4.79 Å². The fourth-order valence-electron chi connectivity index (χ4n) is 5.31. The van der Waals surface area contributed by atoms with Gasteiger partial charge in [-0.05, 0) is 37.0 Å². The summed E-state index contributed by atoms with van der Waals surface area (Å²) >= 11 is 0. The minimum atomic E-state index is 0.367. The van der Waals surface area contributed by atoms with Crippen LogP contribution in [0.5, 0.6) is 0 Å². The molecule has 0 aromatic carbocycles. The molecule has 2 saturated heterocycles. The van der Waals surface area contributed by atoms with Crippen molar-refractivity contribution in [2.24, 2.45) is 29.1 Å². The molecule has 1 spiro atoms. The molecular formula is C21H38N2O. The van der Waals surface area contributed by atoms with E-state index >= 15 is 0 Å². The minimum Gasteiger partial charge on any atom is -0.341 e. The van der Waals surface area contributed by atoms with E-state index in [1.165, 1.54) is 32.4 Å². The predicted molar refractivity (Wildman–Crippen MR) is 99.8 cm³/mol. The number of amides is 1. The van der Waals surface area contributed by atoms with Gasteiger partial charge in [0.25, 0.3) is 0 Å². The second kappa shape index (κ2) is 6.97. The van der Waals surface area contributed by atoms with Crippen LogP contribution in [-0.2, 0) is 4.79 Å². The zero-order chi connectivity index (χ0) is 17.5. The molecule has 1 aliphatic carbocycles. The van der Waals surface area contributed by atoms with Crippen LogP contribution in [0.4, 0.5) is 0 Å². The SMILES string of the molecule is CC(C)CCC(C)C1N(CC(C)C)CC12CN(C(=O)C1CCC1)C2. The first-order valence-corrected chi connectivity index (χ1v) is 10.4. The number of hydrogen-bond acceptors (Lipinski definition) is 2. The maximum Gasteiger partial charge on any atom is 0.225 e. The van der Waals surface area contributed by atoms with Crippen LogP contribution in [0.2, 0.25) is 0 Å². The van der Waals surface area contributed by atoms with E-state index < -0.39 is 0 Å². The molecule has 3 aliphatic rings. The molecule has 0 N–H and O–H groups in total. The maximum atomic E-state index is 12.5. The molecule has 0 aromatic rings. The van der Waals surface area contributed by atoms with Gasteiger partial charge in [-0.1, -0.05) is 47.5 Å². The summed E-state index contributed by atoms with van der Waals surface area (Å²) in [4.78, 5) is 17.4. The smallest absolute Gasteiger partial charge is 0.225 e. The molecule has 1 amide bonds. The number of carbonyl (C=O) groups is 1. The number of nitrogens with zero attached hydrogens (tertiary/aromatic N) is 2. The Balaban J connectivity index is 1.59. The second-order valence-electron chi connectivity index (χ2n) is 9.90. The highest BCUT2D eigenvalue weighted by Gasteiger charge is 2.61. The lowest BCUT2D eigenvalue weighted by atomic mass is 9.60. The van der Waals surface area contributed by atoms with Crippen LogP contribution in [0.25, 0.3) is 0 Å². The van der Waals surface area contributed by atoms with Gasteiger partial charge in [0.1, 0.15) is 0 Å². The summed E-state index contributed by atoms with van der Waals surface area (Å²) in [6.45, 7) is 16.3. The van der Waals surface area contributed by atoms with Gasteiger partial charge in [0.15, 0.2) is 0 Å². The fraction of sp³-hybridized carbons (Fsp3) is 0.952. The average molecular weight is 335 g/mol. The quantitative estimate of drug-likeness (QED) is 0.702. The molecule has 3 fully saturated rings. The van der Waals surface area contributed by atoms with Crippen molar-refractivity contribution in [1.29, 1.82) is 0 Å². The third-order valence-electron chi connectivity index (χ3n) is 6.65. The average Bonchev–Trinajstić information content (AvgIpc) is 2.35. The molecule has 3 heteroatoms. The van der Waals surface area contributed by atoms with E-state index in [1.54, 1.807) is 0 Å². The summed E-state index contributed by atoms with van der Waals surface area (Å²) in [7, 11) is 0. The predicted octanol–water partition coefficient (Wildman–Crippen LogP) is 4.03. The highest BCUT2D eigenvalue weighted by Crippen LogP contribution is 2.50. The van der Waals surface area contributed by atoms with E-state index in [0.717, 1.165) is 43.7 Å². The third kappa shape index (κ3) is 3.38. The largest absolute Gasteiger partial charge is 0.341 e. The molecule has 2 atom stereocenters. The summed E-state index contributed by atoms with van der Waals surface area (Å²) in [5.41, 5.74) is 0.421. The van der Waals surface area contributed by atoms with Crippen LogP contribution in [0.1, 0.15) is 66.7 Å². The molecular weight excluding hydrogens is 296 g/mol. The standard InChI is InChI=1S/C21H38N2O/c1-15(2)9-10-17(5)19-21(12-22(19)11-16(3)4)13-23(14-21)20(24)18-7-6-8-18/h15-19H,6-14H2,1-5H3. The molecule has 2 heterocycles. The zero-order valence-corrected chi connectivity index (χ0v) is 16.6. The van der Waals surface area contributed by atoms with Gasteiger partial charge in [-0.2, -0.15) is 0 Å². The Morgan fingerprint density at radius 1 is 1.00 bits per heavy atom. The summed E-state index contributed by atoms with van der Waals surface area (Å²) in [5, 5.41) is 0. The molecule has 138 valence electrons. The Labute approximate surface area is 149 Å². The van der Waals surface area contributed by atoms with Crippen molar-refractivity contribution in [3.8, 4) is 0 Å². The number of hydrogen-bond donors (Lipinski definition) is 0. The van der Waals surface area contributed by atoms with Gasteiger partial charge in [0.2, 0.25) is 5.91 Å². The Bertz CT molecular complexity index is 449. The van der Waals surface area contributed by atoms with E-state index in [1.807, 2.05) is 0 Å². The van der Waals surface area contributed by atoms with E-state index in [2.05, 4.69) is 44.4 Å². The van der Waals surface area contributed by atoms with Gasteiger partial charge in [0, 0.05) is 43.6 Å². The van der Waals surface area contributed by atoms with E-state index in [0.29, 0.717) is 23.3 Å². The van der Waals surface area contributed by atoms with Gasteiger partial charge in [0.05, 0.1) is 0 Å². The first kappa shape index (κ1) is 18.2. The molecule has 2 aliphatic heterocycles. The molecule has 24 heavy (non-hydrogen) atoms. The van der Waals surface area contributed by atoms with Crippen molar-refractivity contribution in [1.82, 2.24) is 9.80 Å². The Morgan fingerprint density at radius 3 is 2.17 bits per heavy atom. The minimum absolute atomic E-state index is 0.367. The second-order valence-corrected chi connectivity index (χ2v) is 9.90. The molecule has 0 bridgehead atoms. The molecule has 2 unspecified atom stereocenters. The number of carbonyl (C=O) groups excluding carboxylic acids is 1. The molecule has 3 rings (SSSR count).